The van der Waals surface area contributed by atoms with E-state index in [9.17, 15) is 9.59 Å². The quantitative estimate of drug-likeness (QED) is 0.642. The number of benzene rings is 1. The van der Waals surface area contributed by atoms with Crippen LogP contribution in [-0.2, 0) is 9.59 Å². The van der Waals surface area contributed by atoms with Gasteiger partial charge in [-0.05, 0) is 32.0 Å². The molecule has 3 rings (SSSR count). The molecule has 2 heterocycles. The first kappa shape index (κ1) is 19.4. The van der Waals surface area contributed by atoms with Crippen LogP contribution in [0.4, 0.5) is 11.4 Å². The third-order valence-electron chi connectivity index (χ3n) is 4.34. The van der Waals surface area contributed by atoms with E-state index < -0.39 is 0 Å². The van der Waals surface area contributed by atoms with Crippen molar-refractivity contribution in [3.63, 3.8) is 0 Å². The Balaban J connectivity index is 1.81. The van der Waals surface area contributed by atoms with Gasteiger partial charge in [-0.1, -0.05) is 37.7 Å². The number of fused-ring (bicyclic) bond motifs is 1. The van der Waals surface area contributed by atoms with E-state index in [1.807, 2.05) is 58.0 Å². The number of hydrogen-bond donors (Lipinski definition) is 1. The van der Waals surface area contributed by atoms with E-state index in [1.54, 1.807) is 4.90 Å². The first-order valence-electron chi connectivity index (χ1n) is 9.04. The smallest absolute Gasteiger partial charge is 0.237 e. The van der Waals surface area contributed by atoms with Gasteiger partial charge >= 0.3 is 0 Å². The first-order valence-corrected chi connectivity index (χ1v) is 10.0. The summed E-state index contributed by atoms with van der Waals surface area (Å²) in [5, 5.41) is 3.67. The van der Waals surface area contributed by atoms with Crippen LogP contribution in [0.2, 0.25) is 0 Å². The summed E-state index contributed by atoms with van der Waals surface area (Å²) in [6.45, 7) is 7.93. The van der Waals surface area contributed by atoms with Gasteiger partial charge in [0.15, 0.2) is 0 Å². The van der Waals surface area contributed by atoms with Gasteiger partial charge in [0.1, 0.15) is 10.9 Å². The van der Waals surface area contributed by atoms with Crippen LogP contribution >= 0.6 is 11.8 Å². The van der Waals surface area contributed by atoms with Crippen molar-refractivity contribution >= 4 is 35.0 Å². The van der Waals surface area contributed by atoms with Crippen molar-refractivity contribution in [2.45, 2.75) is 51.1 Å². The molecule has 1 aromatic heterocycles. The SMILES string of the molecule is Cc1cc(SCC(=O)N2c3ccccc3NC(=O)C[C@@H]2C)nc(C(C)C)n1. The molecule has 2 amide bonds. The van der Waals surface area contributed by atoms with Crippen LogP contribution in [0, 0.1) is 6.92 Å². The maximum atomic E-state index is 13.0. The minimum atomic E-state index is -0.208. The molecule has 6 nitrogen and oxygen atoms in total. The molecule has 0 radical (unpaired) electrons. The Morgan fingerprint density at radius 3 is 2.81 bits per heavy atom. The molecule has 0 aliphatic carbocycles. The molecule has 1 aliphatic rings. The maximum absolute atomic E-state index is 13.0. The predicted octanol–water partition coefficient (Wildman–Crippen LogP) is 3.76. The lowest BCUT2D eigenvalue weighted by Gasteiger charge is -2.27. The van der Waals surface area contributed by atoms with E-state index in [1.165, 1.54) is 11.8 Å². The summed E-state index contributed by atoms with van der Waals surface area (Å²) in [6, 6.07) is 9.10. The highest BCUT2D eigenvalue weighted by Gasteiger charge is 2.29. The summed E-state index contributed by atoms with van der Waals surface area (Å²) in [7, 11) is 0. The Hall–Kier alpha value is -2.41. The third-order valence-corrected chi connectivity index (χ3v) is 5.23. The number of para-hydroxylation sites is 2. The minimum absolute atomic E-state index is 0.0428. The average molecular weight is 385 g/mol. The molecule has 0 spiro atoms. The molecule has 0 saturated carbocycles. The Morgan fingerprint density at radius 1 is 1.33 bits per heavy atom. The largest absolute Gasteiger partial charge is 0.324 e. The van der Waals surface area contributed by atoms with Crippen molar-refractivity contribution in [3.8, 4) is 0 Å². The fraction of sp³-hybridized carbons (Fsp3) is 0.400. The standard InChI is InChI=1S/C20H24N4O2S/c1-12(2)20-21-13(3)9-18(23-20)27-11-19(26)24-14(4)10-17(25)22-15-7-5-6-8-16(15)24/h5-9,12,14H,10-11H2,1-4H3,(H,22,25)/t14-/m0/s1. The summed E-state index contributed by atoms with van der Waals surface area (Å²) in [4.78, 5) is 35.8. The molecular weight excluding hydrogens is 360 g/mol. The lowest BCUT2D eigenvalue weighted by Crippen LogP contribution is -2.40. The number of carbonyl (C=O) groups excluding carboxylic acids is 2. The zero-order chi connectivity index (χ0) is 19.6. The molecule has 27 heavy (non-hydrogen) atoms. The normalized spacial score (nSPS) is 16.7. The van der Waals surface area contributed by atoms with E-state index in [0.717, 1.165) is 22.2 Å². The highest BCUT2D eigenvalue weighted by Crippen LogP contribution is 2.32. The highest BCUT2D eigenvalue weighted by atomic mass is 32.2. The first-order chi connectivity index (χ1) is 12.8. The van der Waals surface area contributed by atoms with Crippen LogP contribution in [0.25, 0.3) is 0 Å². The number of thioether (sulfide) groups is 1. The molecule has 7 heteroatoms. The number of carbonyl (C=O) groups is 2. The fourth-order valence-corrected chi connectivity index (χ4v) is 3.89. The second-order valence-electron chi connectivity index (χ2n) is 7.03. The van der Waals surface area contributed by atoms with Crippen molar-refractivity contribution in [3.05, 3.63) is 41.9 Å². The number of anilines is 2. The van der Waals surface area contributed by atoms with Crippen molar-refractivity contribution in [2.24, 2.45) is 0 Å². The highest BCUT2D eigenvalue weighted by molar-refractivity contribution is 7.99. The molecule has 0 fully saturated rings. The number of aromatic nitrogens is 2. The fourth-order valence-electron chi connectivity index (χ4n) is 3.07. The van der Waals surface area contributed by atoms with Crippen LogP contribution in [-0.4, -0.2) is 33.6 Å². The molecule has 1 aliphatic heterocycles. The summed E-state index contributed by atoms with van der Waals surface area (Å²) in [5.74, 6) is 1.15. The number of aryl methyl sites for hydroxylation is 1. The lowest BCUT2D eigenvalue weighted by atomic mass is 10.2. The number of nitrogens with one attached hydrogen (secondary N) is 1. The summed E-state index contributed by atoms with van der Waals surface area (Å²) >= 11 is 1.40. The molecule has 1 atom stereocenters. The van der Waals surface area contributed by atoms with Gasteiger partial charge < -0.3 is 10.2 Å². The van der Waals surface area contributed by atoms with Gasteiger partial charge in [0.2, 0.25) is 11.8 Å². The van der Waals surface area contributed by atoms with Gasteiger partial charge in [-0.25, -0.2) is 9.97 Å². The molecule has 0 saturated heterocycles. The molecule has 0 unspecified atom stereocenters. The van der Waals surface area contributed by atoms with Gasteiger partial charge in [-0.3, -0.25) is 9.59 Å². The van der Waals surface area contributed by atoms with E-state index >= 15 is 0 Å². The van der Waals surface area contributed by atoms with Gasteiger partial charge in [0.25, 0.3) is 0 Å². The van der Waals surface area contributed by atoms with Crippen LogP contribution in [0.3, 0.4) is 0 Å². The number of nitrogens with zero attached hydrogens (tertiary/aromatic N) is 3. The Kier molecular flexibility index (Phi) is 5.79. The van der Waals surface area contributed by atoms with Crippen LogP contribution in [0.1, 0.15) is 44.6 Å². The van der Waals surface area contributed by atoms with Crippen molar-refractivity contribution in [1.82, 2.24) is 9.97 Å². The summed E-state index contributed by atoms with van der Waals surface area (Å²) in [6.07, 6.45) is 0.273. The molecule has 1 aromatic carbocycles. The van der Waals surface area contributed by atoms with Gasteiger partial charge in [0.05, 0.1) is 17.1 Å². The lowest BCUT2D eigenvalue weighted by molar-refractivity contribution is -0.117. The minimum Gasteiger partial charge on any atom is -0.324 e. The van der Waals surface area contributed by atoms with Crippen LogP contribution in [0.15, 0.2) is 35.4 Å². The van der Waals surface area contributed by atoms with Crippen LogP contribution in [0.5, 0.6) is 0 Å². The number of rotatable bonds is 4. The average Bonchev–Trinajstić information content (AvgIpc) is 2.73. The monoisotopic (exact) mass is 384 g/mol. The summed E-state index contributed by atoms with van der Waals surface area (Å²) in [5.41, 5.74) is 2.31. The molecule has 0 bridgehead atoms. The van der Waals surface area contributed by atoms with E-state index in [-0.39, 0.29) is 35.9 Å². The zero-order valence-electron chi connectivity index (χ0n) is 16.0. The third kappa shape index (κ3) is 4.47. The summed E-state index contributed by atoms with van der Waals surface area (Å²) < 4.78 is 0. The van der Waals surface area contributed by atoms with E-state index in [4.69, 9.17) is 0 Å². The Labute approximate surface area is 163 Å². The molecule has 2 aromatic rings. The molecule has 142 valence electrons. The Morgan fingerprint density at radius 2 is 2.07 bits per heavy atom. The predicted molar refractivity (Wildman–Crippen MR) is 108 cm³/mol. The number of amides is 2. The maximum Gasteiger partial charge on any atom is 0.237 e. The molecular formula is C20H24N4O2S. The second kappa shape index (κ2) is 8.08. The Bertz CT molecular complexity index is 869. The van der Waals surface area contributed by atoms with Crippen molar-refractivity contribution in [1.29, 1.82) is 0 Å². The number of hydrogen-bond acceptors (Lipinski definition) is 5. The van der Waals surface area contributed by atoms with Gasteiger partial charge in [-0.2, -0.15) is 0 Å². The van der Waals surface area contributed by atoms with E-state index in [2.05, 4.69) is 15.3 Å². The molecule has 1 N–H and O–H groups in total. The van der Waals surface area contributed by atoms with Crippen molar-refractivity contribution in [2.75, 3.05) is 16.0 Å². The second-order valence-corrected chi connectivity index (χ2v) is 8.03. The van der Waals surface area contributed by atoms with E-state index in [0.29, 0.717) is 5.69 Å². The van der Waals surface area contributed by atoms with Crippen LogP contribution < -0.4 is 10.2 Å². The van der Waals surface area contributed by atoms with Gasteiger partial charge in [-0.15, -0.1) is 0 Å². The topological polar surface area (TPSA) is 75.2 Å². The zero-order valence-corrected chi connectivity index (χ0v) is 16.8. The van der Waals surface area contributed by atoms with Gasteiger partial charge in [0, 0.05) is 24.1 Å². The van der Waals surface area contributed by atoms with Crippen molar-refractivity contribution < 1.29 is 9.59 Å².